The van der Waals surface area contributed by atoms with Crippen LogP contribution in [0, 0.1) is 13.8 Å². The van der Waals surface area contributed by atoms with E-state index in [1.165, 1.54) is 0 Å². The average Bonchev–Trinajstić information content (AvgIpc) is 2.81. The van der Waals surface area contributed by atoms with Gasteiger partial charge in [0, 0.05) is 31.5 Å². The molecule has 0 spiro atoms. The van der Waals surface area contributed by atoms with Crippen molar-refractivity contribution in [1.82, 2.24) is 15.1 Å². The summed E-state index contributed by atoms with van der Waals surface area (Å²) in [7, 11) is 1.81. The minimum atomic E-state index is -0.0479. The van der Waals surface area contributed by atoms with Gasteiger partial charge in [-0.15, -0.1) is 0 Å². The van der Waals surface area contributed by atoms with Gasteiger partial charge in [-0.2, -0.15) is 5.10 Å². The van der Waals surface area contributed by atoms with Crippen LogP contribution in [0.2, 0.25) is 0 Å². The van der Waals surface area contributed by atoms with Crippen LogP contribution < -0.4 is 10.6 Å². The summed E-state index contributed by atoms with van der Waals surface area (Å²) in [6, 6.07) is 9.55. The summed E-state index contributed by atoms with van der Waals surface area (Å²) in [4.78, 5) is 12.1. The quantitative estimate of drug-likeness (QED) is 0.801. The van der Waals surface area contributed by atoms with Gasteiger partial charge in [-0.1, -0.05) is 12.1 Å². The van der Waals surface area contributed by atoms with Crippen LogP contribution in [0.25, 0.3) is 0 Å². The molecule has 0 fully saturated rings. The Morgan fingerprint density at radius 3 is 2.71 bits per heavy atom. The summed E-state index contributed by atoms with van der Waals surface area (Å²) in [5, 5.41) is 10.4. The van der Waals surface area contributed by atoms with E-state index in [0.717, 1.165) is 30.0 Å². The number of carbonyl (C=O) groups is 1. The monoisotopic (exact) mass is 286 g/mol. The van der Waals surface area contributed by atoms with Crippen molar-refractivity contribution >= 4 is 11.6 Å². The first-order chi connectivity index (χ1) is 10.1. The minimum Gasteiger partial charge on any atom is -0.387 e. The van der Waals surface area contributed by atoms with Gasteiger partial charge < -0.3 is 10.6 Å². The van der Waals surface area contributed by atoms with Gasteiger partial charge >= 0.3 is 0 Å². The standard InChI is InChI=1S/C16H22N4O/c1-12-11-13(2)20(19-12)10-6-9-18-16(21)14-7-4-5-8-15(14)17-3/h4-5,7-8,11,17H,6,9-10H2,1-3H3,(H,18,21). The predicted molar refractivity (Wildman–Crippen MR) is 84.6 cm³/mol. The van der Waals surface area contributed by atoms with E-state index in [1.807, 2.05) is 49.8 Å². The fourth-order valence-electron chi connectivity index (χ4n) is 2.33. The van der Waals surface area contributed by atoms with Crippen LogP contribution in [0.5, 0.6) is 0 Å². The zero-order chi connectivity index (χ0) is 15.2. The van der Waals surface area contributed by atoms with E-state index in [-0.39, 0.29) is 5.91 Å². The Balaban J connectivity index is 1.83. The molecule has 0 aliphatic heterocycles. The topological polar surface area (TPSA) is 59.0 Å². The van der Waals surface area contributed by atoms with Crippen molar-refractivity contribution in [2.75, 3.05) is 18.9 Å². The highest BCUT2D eigenvalue weighted by atomic mass is 16.1. The van der Waals surface area contributed by atoms with Crippen LogP contribution in [0.1, 0.15) is 28.2 Å². The molecule has 1 amide bonds. The van der Waals surface area contributed by atoms with Gasteiger partial charge in [0.15, 0.2) is 0 Å². The molecule has 1 aromatic heterocycles. The Labute approximate surface area is 125 Å². The van der Waals surface area contributed by atoms with E-state index >= 15 is 0 Å². The molecule has 112 valence electrons. The van der Waals surface area contributed by atoms with E-state index in [1.54, 1.807) is 0 Å². The van der Waals surface area contributed by atoms with Gasteiger partial charge in [0.1, 0.15) is 0 Å². The van der Waals surface area contributed by atoms with Gasteiger partial charge in [0.05, 0.1) is 11.3 Å². The number of benzene rings is 1. The van der Waals surface area contributed by atoms with Crippen LogP contribution in [0.4, 0.5) is 5.69 Å². The van der Waals surface area contributed by atoms with Crippen molar-refractivity contribution in [3.63, 3.8) is 0 Å². The van der Waals surface area contributed by atoms with Crippen molar-refractivity contribution < 1.29 is 4.79 Å². The molecule has 5 heteroatoms. The molecule has 0 saturated carbocycles. The maximum atomic E-state index is 12.1. The van der Waals surface area contributed by atoms with E-state index in [4.69, 9.17) is 0 Å². The third kappa shape index (κ3) is 3.84. The lowest BCUT2D eigenvalue weighted by atomic mass is 10.1. The number of rotatable bonds is 6. The molecule has 1 aromatic carbocycles. The number of aromatic nitrogens is 2. The Morgan fingerprint density at radius 1 is 1.29 bits per heavy atom. The largest absolute Gasteiger partial charge is 0.387 e. The van der Waals surface area contributed by atoms with Gasteiger partial charge in [-0.25, -0.2) is 0 Å². The lowest BCUT2D eigenvalue weighted by Crippen LogP contribution is -2.26. The number of hydrogen-bond acceptors (Lipinski definition) is 3. The van der Waals surface area contributed by atoms with Crippen molar-refractivity contribution in [2.24, 2.45) is 0 Å². The molecule has 2 N–H and O–H groups in total. The van der Waals surface area contributed by atoms with Crippen molar-refractivity contribution in [1.29, 1.82) is 0 Å². The fraction of sp³-hybridized carbons (Fsp3) is 0.375. The number of hydrogen-bond donors (Lipinski definition) is 2. The molecule has 2 aromatic rings. The van der Waals surface area contributed by atoms with E-state index < -0.39 is 0 Å². The molecule has 0 bridgehead atoms. The van der Waals surface area contributed by atoms with Crippen LogP contribution in [0.15, 0.2) is 30.3 Å². The third-order valence-corrected chi connectivity index (χ3v) is 3.38. The predicted octanol–water partition coefficient (Wildman–Crippen LogP) is 2.36. The molecule has 2 rings (SSSR count). The second-order valence-electron chi connectivity index (χ2n) is 5.06. The van der Waals surface area contributed by atoms with Gasteiger partial charge in [0.25, 0.3) is 5.91 Å². The van der Waals surface area contributed by atoms with Gasteiger partial charge in [-0.05, 0) is 38.5 Å². The van der Waals surface area contributed by atoms with Crippen molar-refractivity contribution in [2.45, 2.75) is 26.8 Å². The molecule has 0 radical (unpaired) electrons. The highest BCUT2D eigenvalue weighted by molar-refractivity contribution is 5.99. The molecule has 21 heavy (non-hydrogen) atoms. The number of aryl methyl sites for hydroxylation is 3. The first-order valence-corrected chi connectivity index (χ1v) is 7.18. The smallest absolute Gasteiger partial charge is 0.253 e. The van der Waals surface area contributed by atoms with E-state index in [0.29, 0.717) is 12.1 Å². The maximum absolute atomic E-state index is 12.1. The minimum absolute atomic E-state index is 0.0479. The van der Waals surface area contributed by atoms with Crippen LogP contribution in [-0.4, -0.2) is 29.3 Å². The van der Waals surface area contributed by atoms with Crippen LogP contribution >= 0.6 is 0 Å². The van der Waals surface area contributed by atoms with E-state index in [2.05, 4.69) is 21.8 Å². The molecule has 0 atom stereocenters. The normalized spacial score (nSPS) is 10.4. The molecule has 5 nitrogen and oxygen atoms in total. The van der Waals surface area contributed by atoms with Gasteiger partial charge in [0.2, 0.25) is 0 Å². The summed E-state index contributed by atoms with van der Waals surface area (Å²) in [6.07, 6.45) is 0.857. The SMILES string of the molecule is CNc1ccccc1C(=O)NCCCn1nc(C)cc1C. The number of para-hydroxylation sites is 1. The first-order valence-electron chi connectivity index (χ1n) is 7.18. The number of nitrogens with zero attached hydrogens (tertiary/aromatic N) is 2. The van der Waals surface area contributed by atoms with E-state index in [9.17, 15) is 4.79 Å². The zero-order valence-electron chi connectivity index (χ0n) is 12.8. The van der Waals surface area contributed by atoms with Crippen LogP contribution in [0.3, 0.4) is 0 Å². The number of anilines is 1. The Morgan fingerprint density at radius 2 is 2.05 bits per heavy atom. The Hall–Kier alpha value is -2.30. The van der Waals surface area contributed by atoms with Crippen molar-refractivity contribution in [3.8, 4) is 0 Å². The molecule has 0 unspecified atom stereocenters. The fourth-order valence-corrected chi connectivity index (χ4v) is 2.33. The summed E-state index contributed by atoms with van der Waals surface area (Å²) >= 11 is 0. The lowest BCUT2D eigenvalue weighted by Gasteiger charge is -2.10. The number of amides is 1. The second kappa shape index (κ2) is 6.92. The second-order valence-corrected chi connectivity index (χ2v) is 5.06. The number of nitrogens with one attached hydrogen (secondary N) is 2. The highest BCUT2D eigenvalue weighted by Gasteiger charge is 2.09. The van der Waals surface area contributed by atoms with Crippen LogP contribution in [-0.2, 0) is 6.54 Å². The maximum Gasteiger partial charge on any atom is 0.253 e. The summed E-state index contributed by atoms with van der Waals surface area (Å²) in [5.74, 6) is -0.0479. The van der Waals surface area contributed by atoms with Crippen molar-refractivity contribution in [3.05, 3.63) is 47.3 Å². The summed E-state index contributed by atoms with van der Waals surface area (Å²) < 4.78 is 1.98. The molecular formula is C16H22N4O. The number of carbonyl (C=O) groups excluding carboxylic acids is 1. The molecular weight excluding hydrogens is 264 g/mol. The molecule has 1 heterocycles. The lowest BCUT2D eigenvalue weighted by molar-refractivity contribution is 0.0953. The average molecular weight is 286 g/mol. The molecule has 0 aliphatic rings. The highest BCUT2D eigenvalue weighted by Crippen LogP contribution is 2.13. The first kappa shape index (κ1) is 15.1. The summed E-state index contributed by atoms with van der Waals surface area (Å²) in [5.41, 5.74) is 3.69. The Bertz CT molecular complexity index is 618. The zero-order valence-corrected chi connectivity index (χ0v) is 12.8. The summed E-state index contributed by atoms with van der Waals surface area (Å²) in [6.45, 7) is 5.48. The molecule has 0 saturated heterocycles. The van der Waals surface area contributed by atoms with Gasteiger partial charge in [-0.3, -0.25) is 9.48 Å². The molecule has 0 aliphatic carbocycles. The Kier molecular flexibility index (Phi) is 4.98. The third-order valence-electron chi connectivity index (χ3n) is 3.38.